The van der Waals surface area contributed by atoms with Crippen LogP contribution in [0.25, 0.3) is 89.4 Å². The predicted molar refractivity (Wildman–Crippen MR) is 182 cm³/mol. The zero-order valence-corrected chi connectivity index (χ0v) is 23.5. The van der Waals surface area contributed by atoms with Gasteiger partial charge >= 0.3 is 0 Å². The van der Waals surface area contributed by atoms with Crippen molar-refractivity contribution in [1.29, 1.82) is 0 Å². The van der Waals surface area contributed by atoms with Gasteiger partial charge in [-0.1, -0.05) is 97.1 Å². The van der Waals surface area contributed by atoms with Gasteiger partial charge in [0.05, 0.1) is 15.7 Å². The number of hydrogen-bond donors (Lipinski definition) is 0. The van der Waals surface area contributed by atoms with E-state index in [-0.39, 0.29) is 0 Å². The SMILES string of the molecule is c1ccc2c(c1)ccc1sc3cc(-n4c5ccccc5c5c6ccccc6c6c7ccccc7sc6c54)ccc3c12. The van der Waals surface area contributed by atoms with E-state index in [1.165, 1.54) is 89.4 Å². The molecule has 0 saturated heterocycles. The number of rotatable bonds is 1. The van der Waals surface area contributed by atoms with Crippen LogP contribution >= 0.6 is 22.7 Å². The molecule has 3 heteroatoms. The largest absolute Gasteiger partial charge is 0.308 e. The Bertz CT molecular complexity index is 2700. The first-order valence-electron chi connectivity index (χ1n) is 13.9. The maximum absolute atomic E-state index is 2.52. The fraction of sp³-hybridized carbons (Fsp3) is 0. The maximum Gasteiger partial charge on any atom is 0.0726 e. The first-order valence-corrected chi connectivity index (χ1v) is 15.6. The topological polar surface area (TPSA) is 4.93 Å². The van der Waals surface area contributed by atoms with Crippen molar-refractivity contribution in [2.24, 2.45) is 0 Å². The average molecular weight is 556 g/mol. The molecule has 190 valence electrons. The lowest BCUT2D eigenvalue weighted by Gasteiger charge is -2.10. The molecule has 10 rings (SSSR count). The van der Waals surface area contributed by atoms with E-state index in [0.29, 0.717) is 0 Å². The third-order valence-corrected chi connectivity index (χ3v) is 11.0. The summed E-state index contributed by atoms with van der Waals surface area (Å²) in [6, 6.07) is 47.2. The van der Waals surface area contributed by atoms with Gasteiger partial charge in [-0.25, -0.2) is 0 Å². The molecule has 0 aliphatic carbocycles. The summed E-state index contributed by atoms with van der Waals surface area (Å²) in [6.07, 6.45) is 0. The van der Waals surface area contributed by atoms with Crippen molar-refractivity contribution < 1.29 is 0 Å². The molecule has 10 aromatic rings. The van der Waals surface area contributed by atoms with Crippen LogP contribution in [0, 0.1) is 0 Å². The normalized spacial score (nSPS) is 12.4. The summed E-state index contributed by atoms with van der Waals surface area (Å²) < 4.78 is 7.89. The molecule has 0 spiro atoms. The molecular weight excluding hydrogens is 535 g/mol. The van der Waals surface area contributed by atoms with Crippen LogP contribution in [0.2, 0.25) is 0 Å². The van der Waals surface area contributed by atoms with Crippen LogP contribution in [0.3, 0.4) is 0 Å². The molecule has 0 N–H and O–H groups in total. The number of benzene rings is 7. The summed E-state index contributed by atoms with van der Waals surface area (Å²) in [6.45, 7) is 0. The van der Waals surface area contributed by atoms with Gasteiger partial charge in [-0.3, -0.25) is 0 Å². The number of aromatic nitrogens is 1. The van der Waals surface area contributed by atoms with Crippen LogP contribution in [0.5, 0.6) is 0 Å². The van der Waals surface area contributed by atoms with Crippen LogP contribution in [0.1, 0.15) is 0 Å². The number of nitrogens with zero attached hydrogens (tertiary/aromatic N) is 1. The third-order valence-electron chi connectivity index (χ3n) is 8.75. The smallest absolute Gasteiger partial charge is 0.0726 e. The van der Waals surface area contributed by atoms with Crippen LogP contribution < -0.4 is 0 Å². The fourth-order valence-corrected chi connectivity index (χ4v) is 9.48. The second-order valence-corrected chi connectivity index (χ2v) is 13.0. The van der Waals surface area contributed by atoms with Crippen molar-refractivity contribution in [3.63, 3.8) is 0 Å². The van der Waals surface area contributed by atoms with E-state index in [0.717, 1.165) is 0 Å². The van der Waals surface area contributed by atoms with Gasteiger partial charge in [0.25, 0.3) is 0 Å². The van der Waals surface area contributed by atoms with Crippen LogP contribution in [-0.2, 0) is 0 Å². The molecule has 1 nitrogen and oxygen atoms in total. The molecule has 3 aromatic heterocycles. The highest BCUT2D eigenvalue weighted by Gasteiger charge is 2.22. The van der Waals surface area contributed by atoms with Crippen molar-refractivity contribution in [2.45, 2.75) is 0 Å². The molecule has 0 amide bonds. The number of thiophene rings is 2. The van der Waals surface area contributed by atoms with Crippen LogP contribution in [-0.4, -0.2) is 4.57 Å². The lowest BCUT2D eigenvalue weighted by molar-refractivity contribution is 1.20. The molecule has 0 atom stereocenters. The van der Waals surface area contributed by atoms with E-state index in [4.69, 9.17) is 0 Å². The molecule has 7 aromatic carbocycles. The van der Waals surface area contributed by atoms with Crippen molar-refractivity contribution in [3.8, 4) is 5.69 Å². The molecule has 41 heavy (non-hydrogen) atoms. The molecule has 0 bridgehead atoms. The van der Waals surface area contributed by atoms with Gasteiger partial charge in [-0.15, -0.1) is 22.7 Å². The lowest BCUT2D eigenvalue weighted by atomic mass is 9.99. The molecule has 3 heterocycles. The zero-order valence-electron chi connectivity index (χ0n) is 21.9. The lowest BCUT2D eigenvalue weighted by Crippen LogP contribution is -1.93. The molecular formula is C38H21NS2. The first-order chi connectivity index (χ1) is 20.3. The summed E-state index contributed by atoms with van der Waals surface area (Å²) in [7, 11) is 0. The molecule has 0 fully saturated rings. The van der Waals surface area contributed by atoms with Gasteiger partial charge in [-0.05, 0) is 51.9 Å². The Hall–Kier alpha value is -4.70. The van der Waals surface area contributed by atoms with E-state index in [2.05, 4.69) is 132 Å². The van der Waals surface area contributed by atoms with Crippen LogP contribution in [0.4, 0.5) is 0 Å². The van der Waals surface area contributed by atoms with E-state index in [1.54, 1.807) is 0 Å². The Morgan fingerprint density at radius 2 is 1.10 bits per heavy atom. The molecule has 0 saturated carbocycles. The van der Waals surface area contributed by atoms with Crippen molar-refractivity contribution >= 4 is 106 Å². The standard InChI is InChI=1S/C38H21NS2/c1-2-10-24-22(9-1)17-20-32-34(24)29-19-18-23(21-33(29)40-32)39-30-15-7-5-13-27(30)35-25-11-3-4-12-26(25)36-28-14-6-8-16-31(28)41-38(36)37(35)39/h1-21H. The van der Waals surface area contributed by atoms with Gasteiger partial charge in [0.2, 0.25) is 0 Å². The number of hydrogen-bond acceptors (Lipinski definition) is 2. The highest BCUT2D eigenvalue weighted by atomic mass is 32.1. The van der Waals surface area contributed by atoms with Gasteiger partial charge in [0.15, 0.2) is 0 Å². The van der Waals surface area contributed by atoms with Gasteiger partial charge in [0, 0.05) is 52.1 Å². The predicted octanol–water partition coefficient (Wildman–Crippen LogP) is 11.8. The van der Waals surface area contributed by atoms with E-state index in [9.17, 15) is 0 Å². The molecule has 0 aliphatic rings. The zero-order chi connectivity index (χ0) is 26.7. The third kappa shape index (κ3) is 2.84. The number of fused-ring (bicyclic) bond motifs is 15. The monoisotopic (exact) mass is 555 g/mol. The van der Waals surface area contributed by atoms with Crippen LogP contribution in [0.15, 0.2) is 127 Å². The Balaban J connectivity index is 1.40. The van der Waals surface area contributed by atoms with Gasteiger partial charge < -0.3 is 4.57 Å². The van der Waals surface area contributed by atoms with E-state index in [1.807, 2.05) is 22.7 Å². The Morgan fingerprint density at radius 1 is 0.415 bits per heavy atom. The van der Waals surface area contributed by atoms with E-state index >= 15 is 0 Å². The Morgan fingerprint density at radius 3 is 1.98 bits per heavy atom. The van der Waals surface area contributed by atoms with Gasteiger partial charge in [0.1, 0.15) is 0 Å². The summed E-state index contributed by atoms with van der Waals surface area (Å²) >= 11 is 3.82. The minimum atomic E-state index is 1.22. The summed E-state index contributed by atoms with van der Waals surface area (Å²) in [5.41, 5.74) is 3.78. The molecule has 0 radical (unpaired) electrons. The minimum Gasteiger partial charge on any atom is -0.308 e. The summed E-state index contributed by atoms with van der Waals surface area (Å²) in [5, 5.41) is 13.4. The quantitative estimate of drug-likeness (QED) is 0.190. The van der Waals surface area contributed by atoms with E-state index < -0.39 is 0 Å². The molecule has 0 unspecified atom stereocenters. The second-order valence-electron chi connectivity index (χ2n) is 10.9. The summed E-state index contributed by atoms with van der Waals surface area (Å²) in [5.74, 6) is 0. The highest BCUT2D eigenvalue weighted by Crippen LogP contribution is 2.48. The van der Waals surface area contributed by atoms with Crippen molar-refractivity contribution in [1.82, 2.24) is 4.57 Å². The fourth-order valence-electron chi connectivity index (χ4n) is 7.07. The first kappa shape index (κ1) is 22.0. The minimum absolute atomic E-state index is 1.22. The second kappa shape index (κ2) is 7.94. The summed E-state index contributed by atoms with van der Waals surface area (Å²) in [4.78, 5) is 0. The maximum atomic E-state index is 2.52. The van der Waals surface area contributed by atoms with Gasteiger partial charge in [-0.2, -0.15) is 0 Å². The highest BCUT2D eigenvalue weighted by molar-refractivity contribution is 7.27. The molecule has 0 aliphatic heterocycles. The Labute approximate surface area is 243 Å². The number of para-hydroxylation sites is 1. The van der Waals surface area contributed by atoms with Crippen molar-refractivity contribution in [2.75, 3.05) is 0 Å². The van der Waals surface area contributed by atoms with Crippen molar-refractivity contribution in [3.05, 3.63) is 127 Å². The Kier molecular flexibility index (Phi) is 4.27. The average Bonchev–Trinajstić information content (AvgIpc) is 3.70.